The summed E-state index contributed by atoms with van der Waals surface area (Å²) in [5.41, 5.74) is 2.00. The number of anilines is 1. The third kappa shape index (κ3) is 5.78. The van der Waals surface area contributed by atoms with Gasteiger partial charge in [-0.25, -0.2) is 4.39 Å². The first-order chi connectivity index (χ1) is 13.0. The van der Waals surface area contributed by atoms with Crippen LogP contribution in [0.25, 0.3) is 0 Å². The van der Waals surface area contributed by atoms with Gasteiger partial charge in [-0.15, -0.1) is 12.4 Å². The predicted octanol–water partition coefficient (Wildman–Crippen LogP) is 3.68. The Morgan fingerprint density at radius 2 is 1.64 bits per heavy atom. The Balaban J connectivity index is 0.00000280. The second kappa shape index (κ2) is 10.2. The highest BCUT2D eigenvalue weighted by atomic mass is 35.5. The molecule has 3 N–H and O–H groups in total. The number of halogens is 2. The standard InChI is InChI=1S/C21H24FN3O2.ClH/c1-14(24-20(26)17-10-12-23-13-11-17)15-4-8-19(9-5-15)25-21(27)16-2-6-18(22)7-3-16;/h2-9,14,17,23H,10-13H2,1H3,(H,24,26)(H,25,27);1H. The number of nitrogens with one attached hydrogen (secondary N) is 3. The van der Waals surface area contributed by atoms with Gasteiger partial charge >= 0.3 is 0 Å². The van der Waals surface area contributed by atoms with Gasteiger partial charge in [-0.2, -0.15) is 0 Å². The zero-order chi connectivity index (χ0) is 19.2. The van der Waals surface area contributed by atoms with Crippen molar-refractivity contribution in [3.63, 3.8) is 0 Å². The van der Waals surface area contributed by atoms with Crippen molar-refractivity contribution in [1.82, 2.24) is 10.6 Å². The lowest BCUT2D eigenvalue weighted by atomic mass is 9.96. The molecule has 7 heteroatoms. The molecule has 0 aromatic heterocycles. The fraction of sp³-hybridized carbons (Fsp3) is 0.333. The molecule has 1 heterocycles. The second-order valence-electron chi connectivity index (χ2n) is 6.84. The van der Waals surface area contributed by atoms with Gasteiger partial charge in [0.1, 0.15) is 5.82 Å². The minimum Gasteiger partial charge on any atom is -0.349 e. The first-order valence-electron chi connectivity index (χ1n) is 9.21. The van der Waals surface area contributed by atoms with E-state index in [0.29, 0.717) is 11.3 Å². The van der Waals surface area contributed by atoms with Crippen LogP contribution in [0.15, 0.2) is 48.5 Å². The molecule has 3 rings (SSSR count). The molecule has 1 aliphatic heterocycles. The number of carbonyl (C=O) groups is 2. The lowest BCUT2D eigenvalue weighted by molar-refractivity contribution is -0.126. The SMILES string of the molecule is CC(NC(=O)C1CCNCC1)c1ccc(NC(=O)c2ccc(F)cc2)cc1.Cl. The molecule has 1 fully saturated rings. The highest BCUT2D eigenvalue weighted by Gasteiger charge is 2.22. The Bertz CT molecular complexity index is 790. The lowest BCUT2D eigenvalue weighted by Crippen LogP contribution is -2.39. The Morgan fingerprint density at radius 3 is 2.25 bits per heavy atom. The van der Waals surface area contributed by atoms with Gasteiger partial charge in [0.2, 0.25) is 5.91 Å². The molecule has 2 amide bonds. The van der Waals surface area contributed by atoms with Crippen molar-refractivity contribution < 1.29 is 14.0 Å². The van der Waals surface area contributed by atoms with Crippen LogP contribution in [0.5, 0.6) is 0 Å². The molecule has 0 bridgehead atoms. The van der Waals surface area contributed by atoms with Crippen molar-refractivity contribution >= 4 is 29.9 Å². The van der Waals surface area contributed by atoms with Crippen LogP contribution in [-0.2, 0) is 4.79 Å². The molecule has 1 saturated heterocycles. The fourth-order valence-electron chi connectivity index (χ4n) is 3.16. The molecule has 0 spiro atoms. The Hall–Kier alpha value is -2.44. The van der Waals surface area contributed by atoms with Crippen LogP contribution in [0.3, 0.4) is 0 Å². The number of hydrogen-bond donors (Lipinski definition) is 3. The topological polar surface area (TPSA) is 70.2 Å². The molecule has 2 aromatic rings. The van der Waals surface area contributed by atoms with Gasteiger partial charge in [0.15, 0.2) is 0 Å². The average Bonchev–Trinajstić information content (AvgIpc) is 2.69. The van der Waals surface area contributed by atoms with Gasteiger partial charge in [-0.1, -0.05) is 12.1 Å². The van der Waals surface area contributed by atoms with E-state index in [0.717, 1.165) is 31.5 Å². The van der Waals surface area contributed by atoms with Crippen LogP contribution in [0.2, 0.25) is 0 Å². The molecule has 5 nitrogen and oxygen atoms in total. The molecule has 1 atom stereocenters. The zero-order valence-corrected chi connectivity index (χ0v) is 16.5. The van der Waals surface area contributed by atoms with E-state index in [-0.39, 0.29) is 42.0 Å². The molecule has 1 unspecified atom stereocenters. The predicted molar refractivity (Wildman–Crippen MR) is 110 cm³/mol. The maximum Gasteiger partial charge on any atom is 0.255 e. The number of rotatable bonds is 5. The van der Waals surface area contributed by atoms with Crippen molar-refractivity contribution in [2.24, 2.45) is 5.92 Å². The molecular formula is C21H25ClFN3O2. The van der Waals surface area contributed by atoms with Gasteiger partial charge in [0.25, 0.3) is 5.91 Å². The summed E-state index contributed by atoms with van der Waals surface area (Å²) in [6.07, 6.45) is 1.74. The number of piperidine rings is 1. The quantitative estimate of drug-likeness (QED) is 0.710. The van der Waals surface area contributed by atoms with E-state index in [1.807, 2.05) is 19.1 Å². The lowest BCUT2D eigenvalue weighted by Gasteiger charge is -2.24. The number of amides is 2. The minimum absolute atomic E-state index is 0. The molecule has 150 valence electrons. The third-order valence-corrected chi connectivity index (χ3v) is 4.84. The number of carbonyl (C=O) groups excluding carboxylic acids is 2. The van der Waals surface area contributed by atoms with Crippen molar-refractivity contribution in [2.45, 2.75) is 25.8 Å². The van der Waals surface area contributed by atoms with Gasteiger partial charge < -0.3 is 16.0 Å². The third-order valence-electron chi connectivity index (χ3n) is 4.84. The Morgan fingerprint density at radius 1 is 1.04 bits per heavy atom. The zero-order valence-electron chi connectivity index (χ0n) is 15.7. The van der Waals surface area contributed by atoms with Gasteiger partial charge in [-0.05, 0) is 74.8 Å². The van der Waals surface area contributed by atoms with Gasteiger partial charge in [-0.3, -0.25) is 9.59 Å². The summed E-state index contributed by atoms with van der Waals surface area (Å²) in [4.78, 5) is 24.5. The van der Waals surface area contributed by atoms with Crippen LogP contribution in [-0.4, -0.2) is 24.9 Å². The van der Waals surface area contributed by atoms with E-state index in [2.05, 4.69) is 16.0 Å². The summed E-state index contributed by atoms with van der Waals surface area (Å²) in [6, 6.07) is 12.6. The van der Waals surface area contributed by atoms with Crippen LogP contribution >= 0.6 is 12.4 Å². The maximum absolute atomic E-state index is 12.9. The van der Waals surface area contributed by atoms with Crippen molar-refractivity contribution in [1.29, 1.82) is 0 Å². The van der Waals surface area contributed by atoms with Crippen LogP contribution < -0.4 is 16.0 Å². The highest BCUT2D eigenvalue weighted by Crippen LogP contribution is 2.19. The maximum atomic E-state index is 12.9. The van der Waals surface area contributed by atoms with Gasteiger partial charge in [0.05, 0.1) is 6.04 Å². The van der Waals surface area contributed by atoms with Gasteiger partial charge in [0, 0.05) is 17.2 Å². The van der Waals surface area contributed by atoms with Crippen molar-refractivity contribution in [3.8, 4) is 0 Å². The van der Waals surface area contributed by atoms with E-state index in [1.54, 1.807) is 12.1 Å². The summed E-state index contributed by atoms with van der Waals surface area (Å²) in [6.45, 7) is 3.72. The molecular weight excluding hydrogens is 381 g/mol. The molecule has 0 radical (unpaired) electrons. The van der Waals surface area contributed by atoms with E-state index < -0.39 is 0 Å². The fourth-order valence-corrected chi connectivity index (χ4v) is 3.16. The van der Waals surface area contributed by atoms with Crippen molar-refractivity contribution in [2.75, 3.05) is 18.4 Å². The van der Waals surface area contributed by atoms with Crippen LogP contribution in [0, 0.1) is 11.7 Å². The first kappa shape index (κ1) is 21.9. The molecule has 0 aliphatic carbocycles. The smallest absolute Gasteiger partial charge is 0.255 e. The summed E-state index contributed by atoms with van der Waals surface area (Å²) < 4.78 is 12.9. The summed E-state index contributed by atoms with van der Waals surface area (Å²) >= 11 is 0. The highest BCUT2D eigenvalue weighted by molar-refractivity contribution is 6.04. The normalized spacial score (nSPS) is 15.2. The van der Waals surface area contributed by atoms with Crippen LogP contribution in [0.4, 0.5) is 10.1 Å². The Labute approximate surface area is 170 Å². The molecule has 0 saturated carbocycles. The molecule has 1 aliphatic rings. The Kier molecular flexibility index (Phi) is 7.96. The monoisotopic (exact) mass is 405 g/mol. The average molecular weight is 406 g/mol. The molecule has 2 aromatic carbocycles. The summed E-state index contributed by atoms with van der Waals surface area (Å²) in [5.74, 6) is -0.507. The second-order valence-corrected chi connectivity index (χ2v) is 6.84. The van der Waals surface area contributed by atoms with Crippen molar-refractivity contribution in [3.05, 3.63) is 65.5 Å². The first-order valence-corrected chi connectivity index (χ1v) is 9.21. The number of hydrogen-bond acceptors (Lipinski definition) is 3. The van der Waals surface area contributed by atoms with E-state index >= 15 is 0 Å². The minimum atomic E-state index is -0.378. The van der Waals surface area contributed by atoms with E-state index in [1.165, 1.54) is 24.3 Å². The summed E-state index contributed by atoms with van der Waals surface area (Å²) in [7, 11) is 0. The van der Waals surface area contributed by atoms with E-state index in [9.17, 15) is 14.0 Å². The molecule has 28 heavy (non-hydrogen) atoms. The number of benzene rings is 2. The van der Waals surface area contributed by atoms with E-state index in [4.69, 9.17) is 0 Å². The summed E-state index contributed by atoms with van der Waals surface area (Å²) in [5, 5.41) is 9.11. The largest absolute Gasteiger partial charge is 0.349 e. The van der Waals surface area contributed by atoms with Crippen LogP contribution in [0.1, 0.15) is 41.7 Å².